The Hall–Kier alpha value is -1.62. The number of hydrogen-bond acceptors (Lipinski definition) is 3. The van der Waals surface area contributed by atoms with Gasteiger partial charge >= 0.3 is 0 Å². The molecule has 0 radical (unpaired) electrons. The molecule has 1 fully saturated rings. The van der Waals surface area contributed by atoms with E-state index in [4.69, 9.17) is 5.73 Å². The van der Waals surface area contributed by atoms with E-state index in [0.29, 0.717) is 5.56 Å². The second-order valence-electron chi connectivity index (χ2n) is 5.61. The number of benzene rings is 2. The van der Waals surface area contributed by atoms with Gasteiger partial charge in [0.1, 0.15) is 12.1 Å². The molecule has 0 spiro atoms. The maximum Gasteiger partial charge on any atom is 0.242 e. The van der Waals surface area contributed by atoms with E-state index in [-0.39, 0.29) is 18.3 Å². The largest absolute Gasteiger partial charge is 0.386 e. The van der Waals surface area contributed by atoms with Crippen LogP contribution in [-0.4, -0.2) is 35.0 Å². The highest BCUT2D eigenvalue weighted by atomic mass is 35.5. The van der Waals surface area contributed by atoms with Gasteiger partial charge in [0.15, 0.2) is 0 Å². The van der Waals surface area contributed by atoms with Gasteiger partial charge in [0.05, 0.1) is 0 Å². The van der Waals surface area contributed by atoms with Crippen molar-refractivity contribution in [1.29, 1.82) is 0 Å². The van der Waals surface area contributed by atoms with E-state index in [9.17, 15) is 9.90 Å². The molecule has 0 aromatic heterocycles. The van der Waals surface area contributed by atoms with Gasteiger partial charge in [-0.1, -0.05) is 36.4 Å². The maximum atomic E-state index is 12.3. The third-order valence-electron chi connectivity index (χ3n) is 4.16. The van der Waals surface area contributed by atoms with Gasteiger partial charge in [0.25, 0.3) is 0 Å². The molecule has 3 rings (SSSR count). The van der Waals surface area contributed by atoms with Crippen molar-refractivity contribution in [2.75, 3.05) is 13.1 Å². The van der Waals surface area contributed by atoms with Gasteiger partial charge in [-0.3, -0.25) is 4.79 Å². The Morgan fingerprint density at radius 2 is 1.73 bits per heavy atom. The van der Waals surface area contributed by atoms with Crippen LogP contribution in [0.2, 0.25) is 0 Å². The first-order chi connectivity index (χ1) is 10.2. The minimum atomic E-state index is -0.970. The van der Waals surface area contributed by atoms with Gasteiger partial charge < -0.3 is 15.7 Å². The molecular weight excluding hydrogens is 300 g/mol. The molecule has 22 heavy (non-hydrogen) atoms. The fourth-order valence-corrected chi connectivity index (χ4v) is 2.88. The lowest BCUT2D eigenvalue weighted by molar-refractivity contribution is -0.134. The van der Waals surface area contributed by atoms with E-state index in [1.807, 2.05) is 42.5 Å². The van der Waals surface area contributed by atoms with Crippen LogP contribution < -0.4 is 5.73 Å². The van der Waals surface area contributed by atoms with Crippen molar-refractivity contribution >= 4 is 29.1 Å². The molecule has 0 bridgehead atoms. The van der Waals surface area contributed by atoms with Crippen LogP contribution in [0.15, 0.2) is 42.5 Å². The van der Waals surface area contributed by atoms with Gasteiger partial charge in [0, 0.05) is 13.1 Å². The molecule has 3 N–H and O–H groups in total. The summed E-state index contributed by atoms with van der Waals surface area (Å²) in [6.45, 7) is 1.49. The number of aliphatic hydroxyl groups excluding tert-OH is 1. The minimum Gasteiger partial charge on any atom is -0.386 e. The summed E-state index contributed by atoms with van der Waals surface area (Å²) in [6.07, 6.45) is 1.07. The number of nitrogens with zero attached hydrogens (tertiary/aromatic N) is 1. The van der Waals surface area contributed by atoms with Crippen LogP contribution in [0.1, 0.15) is 24.5 Å². The van der Waals surface area contributed by atoms with E-state index >= 15 is 0 Å². The zero-order valence-electron chi connectivity index (χ0n) is 12.3. The number of nitrogens with two attached hydrogens (primary N) is 1. The Bertz CT molecular complexity index is 656. The standard InChI is InChI=1S/C17H20N2O2.ClH/c18-15(17(21)19-9-3-4-10-19)16(20)14-8-7-12-5-1-2-6-13(12)11-14;/h1-2,5-8,11,15-16,20H,3-4,9-10,18H2;1H. The number of fused-ring (bicyclic) bond motifs is 1. The molecule has 1 aliphatic heterocycles. The normalized spacial score (nSPS) is 17.1. The highest BCUT2D eigenvalue weighted by Gasteiger charge is 2.29. The highest BCUT2D eigenvalue weighted by molar-refractivity contribution is 5.85. The second-order valence-corrected chi connectivity index (χ2v) is 5.61. The third-order valence-corrected chi connectivity index (χ3v) is 4.16. The monoisotopic (exact) mass is 320 g/mol. The minimum absolute atomic E-state index is 0. The summed E-state index contributed by atoms with van der Waals surface area (Å²) in [4.78, 5) is 14.0. The number of amides is 1. The molecular formula is C17H21ClN2O2. The maximum absolute atomic E-state index is 12.3. The number of likely N-dealkylation sites (tertiary alicyclic amines) is 1. The summed E-state index contributed by atoms with van der Waals surface area (Å²) in [6, 6.07) is 12.7. The van der Waals surface area contributed by atoms with E-state index in [0.717, 1.165) is 36.7 Å². The number of carbonyl (C=O) groups excluding carboxylic acids is 1. The average molecular weight is 321 g/mol. The number of hydrogen-bond donors (Lipinski definition) is 2. The molecule has 2 aromatic rings. The van der Waals surface area contributed by atoms with Gasteiger partial charge in [-0.2, -0.15) is 0 Å². The number of rotatable bonds is 3. The summed E-state index contributed by atoms with van der Waals surface area (Å²) in [5.74, 6) is -0.159. The first kappa shape index (κ1) is 16.7. The molecule has 118 valence electrons. The molecule has 2 unspecified atom stereocenters. The zero-order valence-corrected chi connectivity index (χ0v) is 13.1. The molecule has 0 saturated carbocycles. The molecule has 1 amide bonds. The summed E-state index contributed by atoms with van der Waals surface area (Å²) < 4.78 is 0. The van der Waals surface area contributed by atoms with Crippen molar-refractivity contribution in [1.82, 2.24) is 4.90 Å². The van der Waals surface area contributed by atoms with Gasteiger partial charge in [-0.15, -0.1) is 12.4 Å². The summed E-state index contributed by atoms with van der Waals surface area (Å²) in [7, 11) is 0. The van der Waals surface area contributed by atoms with Crippen molar-refractivity contribution in [3.63, 3.8) is 0 Å². The first-order valence-electron chi connectivity index (χ1n) is 7.38. The molecule has 1 aliphatic rings. The first-order valence-corrected chi connectivity index (χ1v) is 7.38. The van der Waals surface area contributed by atoms with E-state index in [1.165, 1.54) is 0 Å². The molecule has 2 aromatic carbocycles. The molecule has 5 heteroatoms. The van der Waals surface area contributed by atoms with E-state index in [2.05, 4.69) is 0 Å². The van der Waals surface area contributed by atoms with Crippen LogP contribution in [0, 0.1) is 0 Å². The summed E-state index contributed by atoms with van der Waals surface area (Å²) in [5.41, 5.74) is 6.66. The summed E-state index contributed by atoms with van der Waals surface area (Å²) >= 11 is 0. The smallest absolute Gasteiger partial charge is 0.242 e. The average Bonchev–Trinajstić information content (AvgIpc) is 3.06. The van der Waals surface area contributed by atoms with Crippen molar-refractivity contribution in [2.24, 2.45) is 5.73 Å². The fraction of sp³-hybridized carbons (Fsp3) is 0.353. The molecule has 2 atom stereocenters. The Labute approximate surface area is 136 Å². The fourth-order valence-electron chi connectivity index (χ4n) is 2.88. The Morgan fingerprint density at radius 3 is 2.41 bits per heavy atom. The van der Waals surface area contributed by atoms with Crippen molar-refractivity contribution < 1.29 is 9.90 Å². The molecule has 1 heterocycles. The molecule has 0 aliphatic carbocycles. The lowest BCUT2D eigenvalue weighted by Crippen LogP contribution is -2.45. The van der Waals surface area contributed by atoms with Crippen LogP contribution in [0.3, 0.4) is 0 Å². The third kappa shape index (κ3) is 3.24. The SMILES string of the molecule is Cl.NC(C(=O)N1CCCC1)C(O)c1ccc2ccccc2c1. The van der Waals surface area contributed by atoms with Crippen LogP contribution in [0.5, 0.6) is 0 Å². The predicted octanol–water partition coefficient (Wildman–Crippen LogP) is 2.24. The van der Waals surface area contributed by atoms with Gasteiger partial charge in [-0.05, 0) is 35.2 Å². The zero-order chi connectivity index (χ0) is 14.8. The highest BCUT2D eigenvalue weighted by Crippen LogP contribution is 2.23. The van der Waals surface area contributed by atoms with Crippen LogP contribution >= 0.6 is 12.4 Å². The van der Waals surface area contributed by atoms with Crippen molar-refractivity contribution in [3.05, 3.63) is 48.0 Å². The number of carbonyl (C=O) groups is 1. The second kappa shape index (κ2) is 7.09. The Balaban J connectivity index is 0.00000176. The lowest BCUT2D eigenvalue weighted by atomic mass is 9.98. The topological polar surface area (TPSA) is 66.6 Å². The van der Waals surface area contributed by atoms with E-state index in [1.54, 1.807) is 4.90 Å². The molecule has 4 nitrogen and oxygen atoms in total. The quantitative estimate of drug-likeness (QED) is 0.911. The van der Waals surface area contributed by atoms with Crippen LogP contribution in [0.25, 0.3) is 10.8 Å². The predicted molar refractivity (Wildman–Crippen MR) is 89.9 cm³/mol. The Kier molecular flexibility index (Phi) is 5.40. The van der Waals surface area contributed by atoms with E-state index < -0.39 is 12.1 Å². The molecule has 1 saturated heterocycles. The van der Waals surface area contributed by atoms with Crippen LogP contribution in [0.4, 0.5) is 0 Å². The Morgan fingerprint density at radius 1 is 1.09 bits per heavy atom. The number of halogens is 1. The van der Waals surface area contributed by atoms with Gasteiger partial charge in [0.2, 0.25) is 5.91 Å². The number of aliphatic hydroxyl groups is 1. The summed E-state index contributed by atoms with van der Waals surface area (Å²) in [5, 5.41) is 12.5. The van der Waals surface area contributed by atoms with Crippen LogP contribution in [-0.2, 0) is 4.79 Å². The van der Waals surface area contributed by atoms with Crippen molar-refractivity contribution in [3.8, 4) is 0 Å². The lowest BCUT2D eigenvalue weighted by Gasteiger charge is -2.24. The van der Waals surface area contributed by atoms with Gasteiger partial charge in [-0.25, -0.2) is 0 Å². The van der Waals surface area contributed by atoms with Crippen molar-refractivity contribution in [2.45, 2.75) is 25.0 Å².